The Kier molecular flexibility index (Phi) is 4.76. The van der Waals surface area contributed by atoms with Gasteiger partial charge in [0.15, 0.2) is 0 Å². The van der Waals surface area contributed by atoms with Crippen molar-refractivity contribution in [2.75, 3.05) is 7.11 Å². The molecule has 0 saturated heterocycles. The van der Waals surface area contributed by atoms with E-state index in [0.717, 1.165) is 31.0 Å². The predicted molar refractivity (Wildman–Crippen MR) is 141 cm³/mol. The Balaban J connectivity index is 1.80. The van der Waals surface area contributed by atoms with Gasteiger partial charge in [-0.25, -0.2) is 4.79 Å². The third-order valence-corrected chi connectivity index (χ3v) is 7.20. The van der Waals surface area contributed by atoms with Crippen LogP contribution in [-0.4, -0.2) is 20.8 Å². The van der Waals surface area contributed by atoms with E-state index in [1.54, 1.807) is 20.4 Å². The fraction of sp³-hybridized carbons (Fsp3) is 0.111. The van der Waals surface area contributed by atoms with Crippen molar-refractivity contribution in [2.24, 2.45) is 14.1 Å². The standard InChI is InChI=1S/C27H20BrN3O4/c1-29-20-14-31(19-13-22-17(12-23(19)34-3)15-8-5-7-11-21(15)35-22)25(16-9-4-6-10-18(16)28)24(20)26(32)30(2)27(29)33/h4-14H,1-3H3. The first-order valence-electron chi connectivity index (χ1n) is 11.0. The van der Waals surface area contributed by atoms with Gasteiger partial charge < -0.3 is 13.7 Å². The minimum absolute atomic E-state index is 0.364. The van der Waals surface area contributed by atoms with E-state index in [9.17, 15) is 9.59 Å². The summed E-state index contributed by atoms with van der Waals surface area (Å²) in [7, 11) is 4.77. The number of aromatic nitrogens is 3. The molecule has 0 fully saturated rings. The number of benzene rings is 3. The van der Waals surface area contributed by atoms with Crippen LogP contribution in [0.25, 0.3) is 49.8 Å². The van der Waals surface area contributed by atoms with E-state index in [2.05, 4.69) is 15.9 Å². The molecule has 0 spiro atoms. The zero-order valence-corrected chi connectivity index (χ0v) is 20.8. The molecule has 0 aliphatic heterocycles. The summed E-state index contributed by atoms with van der Waals surface area (Å²) in [5, 5.41) is 2.37. The van der Waals surface area contributed by atoms with Crippen LogP contribution in [0, 0.1) is 0 Å². The summed E-state index contributed by atoms with van der Waals surface area (Å²) >= 11 is 3.64. The number of ether oxygens (including phenoxy) is 1. The van der Waals surface area contributed by atoms with Gasteiger partial charge >= 0.3 is 5.69 Å². The van der Waals surface area contributed by atoms with Gasteiger partial charge in [0, 0.05) is 47.2 Å². The lowest BCUT2D eigenvalue weighted by Gasteiger charge is -2.15. The normalized spacial score (nSPS) is 11.7. The molecule has 7 nitrogen and oxygen atoms in total. The van der Waals surface area contributed by atoms with Gasteiger partial charge in [0.2, 0.25) is 0 Å². The zero-order chi connectivity index (χ0) is 24.4. The molecule has 8 heteroatoms. The highest BCUT2D eigenvalue weighted by atomic mass is 79.9. The summed E-state index contributed by atoms with van der Waals surface area (Å²) in [6.45, 7) is 0. The first kappa shape index (κ1) is 21.5. The van der Waals surface area contributed by atoms with Crippen LogP contribution in [0.15, 0.2) is 85.3 Å². The highest BCUT2D eigenvalue weighted by molar-refractivity contribution is 9.10. The molecule has 0 bridgehead atoms. The highest BCUT2D eigenvalue weighted by Gasteiger charge is 2.24. The van der Waals surface area contributed by atoms with Crippen LogP contribution in [0.3, 0.4) is 0 Å². The summed E-state index contributed by atoms with van der Waals surface area (Å²) in [6.07, 6.45) is 1.80. The molecule has 0 N–H and O–H groups in total. The van der Waals surface area contributed by atoms with Gasteiger partial charge in [-0.05, 0) is 18.2 Å². The summed E-state index contributed by atoms with van der Waals surface area (Å²) in [6, 6.07) is 19.4. The van der Waals surface area contributed by atoms with Crippen LogP contribution in [0.2, 0.25) is 0 Å². The topological polar surface area (TPSA) is 71.3 Å². The molecule has 0 unspecified atom stereocenters. The van der Waals surface area contributed by atoms with Crippen molar-refractivity contribution in [1.29, 1.82) is 0 Å². The third-order valence-electron chi connectivity index (χ3n) is 6.51. The Hall–Kier alpha value is -4.04. The van der Waals surface area contributed by atoms with E-state index in [-0.39, 0.29) is 5.56 Å². The van der Waals surface area contributed by atoms with Crippen LogP contribution in [-0.2, 0) is 14.1 Å². The average Bonchev–Trinajstić information content (AvgIpc) is 3.44. The summed E-state index contributed by atoms with van der Waals surface area (Å²) in [5.41, 5.74) is 3.39. The second-order valence-corrected chi connectivity index (χ2v) is 9.27. The first-order valence-corrected chi connectivity index (χ1v) is 11.8. The van der Waals surface area contributed by atoms with Crippen molar-refractivity contribution in [3.8, 4) is 22.7 Å². The summed E-state index contributed by atoms with van der Waals surface area (Å²) in [4.78, 5) is 26.1. The lowest BCUT2D eigenvalue weighted by Crippen LogP contribution is -2.36. The maximum atomic E-state index is 13.4. The maximum Gasteiger partial charge on any atom is 0.330 e. The summed E-state index contributed by atoms with van der Waals surface area (Å²) in [5.74, 6) is 0.611. The van der Waals surface area contributed by atoms with Gasteiger partial charge in [0.05, 0.1) is 29.4 Å². The molecule has 3 heterocycles. The number of nitrogens with zero attached hydrogens (tertiary/aromatic N) is 3. The van der Waals surface area contributed by atoms with Gasteiger partial charge in [0.1, 0.15) is 16.9 Å². The van der Waals surface area contributed by atoms with E-state index in [1.807, 2.05) is 65.2 Å². The molecule has 174 valence electrons. The number of aryl methyl sites for hydroxylation is 1. The maximum absolute atomic E-state index is 13.4. The number of methoxy groups -OCH3 is 1. The molecule has 35 heavy (non-hydrogen) atoms. The molecule has 6 rings (SSSR count). The highest BCUT2D eigenvalue weighted by Crippen LogP contribution is 2.40. The molecule has 6 aromatic rings. The molecule has 3 aromatic heterocycles. The lowest BCUT2D eigenvalue weighted by atomic mass is 10.1. The first-order chi connectivity index (χ1) is 16.9. The zero-order valence-electron chi connectivity index (χ0n) is 19.2. The van der Waals surface area contributed by atoms with Gasteiger partial charge in [-0.15, -0.1) is 0 Å². The molecular formula is C27H20BrN3O4. The monoisotopic (exact) mass is 529 g/mol. The fourth-order valence-corrected chi connectivity index (χ4v) is 5.21. The Labute approximate surface area is 207 Å². The van der Waals surface area contributed by atoms with Crippen molar-refractivity contribution in [3.63, 3.8) is 0 Å². The minimum atomic E-state index is -0.391. The summed E-state index contributed by atoms with van der Waals surface area (Å²) < 4.78 is 17.3. The number of hydrogen-bond donors (Lipinski definition) is 0. The van der Waals surface area contributed by atoms with Crippen molar-refractivity contribution in [2.45, 2.75) is 0 Å². The van der Waals surface area contributed by atoms with Gasteiger partial charge in [0.25, 0.3) is 5.56 Å². The van der Waals surface area contributed by atoms with E-state index in [1.165, 1.54) is 11.6 Å². The Bertz CT molecular complexity index is 1920. The van der Waals surface area contributed by atoms with Gasteiger partial charge in [-0.1, -0.05) is 52.3 Å². The molecule has 3 aromatic carbocycles. The van der Waals surface area contributed by atoms with Crippen LogP contribution in [0.5, 0.6) is 5.75 Å². The fourth-order valence-electron chi connectivity index (χ4n) is 4.74. The van der Waals surface area contributed by atoms with Crippen LogP contribution in [0.1, 0.15) is 0 Å². The third kappa shape index (κ3) is 3.03. The number of para-hydroxylation sites is 1. The number of rotatable bonds is 3. The lowest BCUT2D eigenvalue weighted by molar-refractivity contribution is 0.413. The van der Waals surface area contributed by atoms with Crippen molar-refractivity contribution < 1.29 is 9.15 Å². The Morgan fingerprint density at radius 1 is 0.886 bits per heavy atom. The molecule has 0 radical (unpaired) electrons. The quantitative estimate of drug-likeness (QED) is 0.309. The van der Waals surface area contributed by atoms with Crippen LogP contribution >= 0.6 is 15.9 Å². The minimum Gasteiger partial charge on any atom is -0.495 e. The van der Waals surface area contributed by atoms with Crippen LogP contribution < -0.4 is 16.0 Å². The SMILES string of the molecule is COc1cc2c(cc1-n1cc3c(c1-c1ccccc1Br)c(=O)n(C)c(=O)n3C)oc1ccccc12. The number of fused-ring (bicyclic) bond motifs is 4. The molecular weight excluding hydrogens is 510 g/mol. The van der Waals surface area contributed by atoms with Gasteiger partial charge in [-0.3, -0.25) is 13.9 Å². The largest absolute Gasteiger partial charge is 0.495 e. The average molecular weight is 530 g/mol. The second kappa shape index (κ2) is 7.74. The number of hydrogen-bond acceptors (Lipinski definition) is 4. The number of halogens is 1. The number of furan rings is 1. The van der Waals surface area contributed by atoms with E-state index in [0.29, 0.717) is 33.6 Å². The van der Waals surface area contributed by atoms with Crippen molar-refractivity contribution in [1.82, 2.24) is 13.7 Å². The van der Waals surface area contributed by atoms with Crippen LogP contribution in [0.4, 0.5) is 0 Å². The van der Waals surface area contributed by atoms with Gasteiger partial charge in [-0.2, -0.15) is 0 Å². The Morgan fingerprint density at radius 3 is 2.40 bits per heavy atom. The van der Waals surface area contributed by atoms with E-state index >= 15 is 0 Å². The smallest absolute Gasteiger partial charge is 0.330 e. The molecule has 0 saturated carbocycles. The molecule has 0 aliphatic rings. The molecule has 0 aliphatic carbocycles. The molecule has 0 amide bonds. The molecule has 0 atom stereocenters. The van der Waals surface area contributed by atoms with E-state index < -0.39 is 5.69 Å². The van der Waals surface area contributed by atoms with Crippen molar-refractivity contribution >= 4 is 48.8 Å². The van der Waals surface area contributed by atoms with Crippen molar-refractivity contribution in [3.05, 3.63) is 92.2 Å². The Morgan fingerprint density at radius 2 is 1.63 bits per heavy atom. The second-order valence-electron chi connectivity index (χ2n) is 8.41. The predicted octanol–water partition coefficient (Wildman–Crippen LogP) is 5.37. The van der Waals surface area contributed by atoms with E-state index in [4.69, 9.17) is 9.15 Å².